The molecule has 74 valence electrons. The molecular weight excluding hydrogens is 212 g/mol. The van der Waals surface area contributed by atoms with Crippen LogP contribution in [0.3, 0.4) is 0 Å². The van der Waals surface area contributed by atoms with E-state index in [0.717, 1.165) is 4.49 Å². The SMILES string of the molecule is CCCOS(=O)(=O)NP(=O)(O)F. The lowest BCUT2D eigenvalue weighted by Crippen LogP contribution is -2.22. The Hall–Kier alpha value is -0.0100. The molecule has 6 nitrogen and oxygen atoms in total. The van der Waals surface area contributed by atoms with Gasteiger partial charge < -0.3 is 4.89 Å². The summed E-state index contributed by atoms with van der Waals surface area (Å²) in [5.74, 6) is 0. The van der Waals surface area contributed by atoms with Gasteiger partial charge in [0, 0.05) is 0 Å². The summed E-state index contributed by atoms with van der Waals surface area (Å²) >= 11 is 0. The lowest BCUT2D eigenvalue weighted by molar-refractivity contribution is 0.312. The van der Waals surface area contributed by atoms with Gasteiger partial charge in [0.2, 0.25) is 0 Å². The van der Waals surface area contributed by atoms with E-state index in [0.29, 0.717) is 6.42 Å². The van der Waals surface area contributed by atoms with Crippen molar-refractivity contribution in [1.82, 2.24) is 4.49 Å². The number of rotatable bonds is 5. The first kappa shape index (κ1) is 12.0. The van der Waals surface area contributed by atoms with Crippen molar-refractivity contribution in [2.75, 3.05) is 6.61 Å². The van der Waals surface area contributed by atoms with Crippen LogP contribution < -0.4 is 4.49 Å². The molecule has 0 aromatic carbocycles. The molecule has 0 aromatic rings. The van der Waals surface area contributed by atoms with E-state index in [1.807, 2.05) is 0 Å². The zero-order valence-corrected chi connectivity index (χ0v) is 7.94. The maximum atomic E-state index is 11.9. The molecule has 0 heterocycles. The van der Waals surface area contributed by atoms with Gasteiger partial charge in [-0.3, -0.25) is 4.18 Å². The van der Waals surface area contributed by atoms with Gasteiger partial charge in [0.25, 0.3) is 0 Å². The molecule has 12 heavy (non-hydrogen) atoms. The molecule has 0 fully saturated rings. The Labute approximate surface area is 69.6 Å². The molecule has 0 saturated carbocycles. The Balaban J connectivity index is 4.16. The Morgan fingerprint density at radius 2 is 2.17 bits per heavy atom. The summed E-state index contributed by atoms with van der Waals surface area (Å²) in [5.41, 5.74) is 0. The average molecular weight is 221 g/mol. The second-order valence-corrected chi connectivity index (χ2v) is 4.75. The molecule has 0 aliphatic heterocycles. The van der Waals surface area contributed by atoms with Gasteiger partial charge in [0.15, 0.2) is 0 Å². The summed E-state index contributed by atoms with van der Waals surface area (Å²) < 4.78 is 47.6. The van der Waals surface area contributed by atoms with E-state index in [-0.39, 0.29) is 6.61 Å². The predicted octanol–water partition coefficient (Wildman–Crippen LogP) is 0.317. The molecule has 1 atom stereocenters. The van der Waals surface area contributed by atoms with Crippen LogP contribution in [-0.2, 0) is 19.1 Å². The zero-order chi connectivity index (χ0) is 9.83. The van der Waals surface area contributed by atoms with Crippen molar-refractivity contribution in [2.24, 2.45) is 0 Å². The van der Waals surface area contributed by atoms with E-state index < -0.39 is 18.1 Å². The fraction of sp³-hybridized carbons (Fsp3) is 1.00. The van der Waals surface area contributed by atoms with Crippen molar-refractivity contribution in [3.05, 3.63) is 0 Å². The summed E-state index contributed by atoms with van der Waals surface area (Å²) in [6.45, 7) is 1.46. The second kappa shape index (κ2) is 4.29. The molecule has 2 N–H and O–H groups in total. The smallest absolute Gasteiger partial charge is 0.309 e. The Morgan fingerprint density at radius 1 is 1.67 bits per heavy atom. The highest BCUT2D eigenvalue weighted by Crippen LogP contribution is 2.37. The average Bonchev–Trinajstić information content (AvgIpc) is 1.78. The van der Waals surface area contributed by atoms with Crippen molar-refractivity contribution >= 4 is 18.1 Å². The van der Waals surface area contributed by atoms with Crippen LogP contribution in [0.15, 0.2) is 0 Å². The van der Waals surface area contributed by atoms with Gasteiger partial charge in [-0.15, -0.1) is 4.20 Å². The van der Waals surface area contributed by atoms with Crippen LogP contribution in [0.1, 0.15) is 13.3 Å². The van der Waals surface area contributed by atoms with E-state index in [1.165, 1.54) is 0 Å². The third kappa shape index (κ3) is 6.68. The molecule has 0 aliphatic carbocycles. The first-order valence-electron chi connectivity index (χ1n) is 2.98. The largest absolute Gasteiger partial charge is 0.455 e. The molecule has 0 amide bonds. The van der Waals surface area contributed by atoms with Crippen molar-refractivity contribution in [3.63, 3.8) is 0 Å². The van der Waals surface area contributed by atoms with Crippen molar-refractivity contribution in [2.45, 2.75) is 13.3 Å². The van der Waals surface area contributed by atoms with Crippen molar-refractivity contribution < 1.29 is 26.3 Å². The molecule has 0 spiro atoms. The minimum atomic E-state index is -5.29. The van der Waals surface area contributed by atoms with Gasteiger partial charge in [-0.05, 0) is 6.42 Å². The van der Waals surface area contributed by atoms with Gasteiger partial charge in [-0.25, -0.2) is 4.57 Å². The fourth-order valence-corrected chi connectivity index (χ4v) is 2.06. The highest BCUT2D eigenvalue weighted by atomic mass is 32.2. The van der Waals surface area contributed by atoms with Crippen LogP contribution in [0, 0.1) is 0 Å². The highest BCUT2D eigenvalue weighted by Gasteiger charge is 2.25. The molecule has 0 saturated heterocycles. The minimum Gasteiger partial charge on any atom is -0.309 e. The van der Waals surface area contributed by atoms with Crippen LogP contribution in [0.2, 0.25) is 0 Å². The van der Waals surface area contributed by atoms with E-state index in [9.17, 15) is 17.2 Å². The standard InChI is InChI=1S/C3H9FNO5PS/c1-2-3-10-12(8,9)5-11(4,6)7/h2-3H2,1H3,(H2,5,6,7). The van der Waals surface area contributed by atoms with E-state index in [4.69, 9.17) is 4.89 Å². The van der Waals surface area contributed by atoms with Crippen LogP contribution >= 0.6 is 7.83 Å². The molecule has 0 bridgehead atoms. The maximum absolute atomic E-state index is 11.9. The maximum Gasteiger partial charge on any atom is 0.455 e. The molecule has 1 unspecified atom stereocenters. The number of halogens is 1. The van der Waals surface area contributed by atoms with Gasteiger partial charge in [0.1, 0.15) is 0 Å². The molecular formula is C3H9FNO5PS. The lowest BCUT2D eigenvalue weighted by atomic mass is 10.5. The Bertz CT molecular complexity index is 270. The highest BCUT2D eigenvalue weighted by molar-refractivity contribution is 7.90. The van der Waals surface area contributed by atoms with Crippen LogP contribution in [0.5, 0.6) is 0 Å². The summed E-state index contributed by atoms with van der Waals surface area (Å²) in [4.78, 5) is 7.97. The molecule has 9 heteroatoms. The summed E-state index contributed by atoms with van der Waals surface area (Å²) in [7, 11) is -9.73. The van der Waals surface area contributed by atoms with Crippen LogP contribution in [-0.4, -0.2) is 19.9 Å². The molecule has 0 rings (SSSR count). The summed E-state index contributed by atoms with van der Waals surface area (Å²) in [5, 5.41) is 0. The topological polar surface area (TPSA) is 92.7 Å². The Morgan fingerprint density at radius 3 is 2.50 bits per heavy atom. The van der Waals surface area contributed by atoms with Gasteiger partial charge in [-0.2, -0.15) is 8.42 Å². The van der Waals surface area contributed by atoms with E-state index in [1.54, 1.807) is 6.92 Å². The monoisotopic (exact) mass is 221 g/mol. The third-order valence-corrected chi connectivity index (χ3v) is 2.94. The Kier molecular flexibility index (Phi) is 4.29. The lowest BCUT2D eigenvalue weighted by Gasteiger charge is -2.04. The first-order valence-corrected chi connectivity index (χ1v) is 5.93. The van der Waals surface area contributed by atoms with Gasteiger partial charge >= 0.3 is 18.1 Å². The number of nitrogens with one attached hydrogen (secondary N) is 1. The normalized spacial score (nSPS) is 17.2. The second-order valence-electron chi connectivity index (χ2n) is 1.87. The zero-order valence-electron chi connectivity index (χ0n) is 6.23. The quantitative estimate of drug-likeness (QED) is 0.652. The summed E-state index contributed by atoms with van der Waals surface area (Å²) in [6, 6.07) is 0. The molecule has 0 aromatic heterocycles. The fourth-order valence-electron chi connectivity index (χ4n) is 0.357. The van der Waals surface area contributed by atoms with E-state index in [2.05, 4.69) is 4.18 Å². The van der Waals surface area contributed by atoms with Crippen LogP contribution in [0.25, 0.3) is 0 Å². The van der Waals surface area contributed by atoms with Gasteiger partial charge in [0.05, 0.1) is 6.61 Å². The number of hydrogen-bond acceptors (Lipinski definition) is 4. The predicted molar refractivity (Wildman–Crippen MR) is 39.2 cm³/mol. The molecule has 0 radical (unpaired) electrons. The van der Waals surface area contributed by atoms with Gasteiger partial charge in [-0.1, -0.05) is 11.4 Å². The summed E-state index contributed by atoms with van der Waals surface area (Å²) in [6.07, 6.45) is 0.392. The van der Waals surface area contributed by atoms with Crippen LogP contribution in [0.4, 0.5) is 4.20 Å². The van der Waals surface area contributed by atoms with Crippen molar-refractivity contribution in [1.29, 1.82) is 0 Å². The van der Waals surface area contributed by atoms with Crippen molar-refractivity contribution in [3.8, 4) is 0 Å². The molecule has 0 aliphatic rings. The number of hydrogen-bond donors (Lipinski definition) is 2. The van der Waals surface area contributed by atoms with E-state index >= 15 is 0 Å². The minimum absolute atomic E-state index is 0.171. The first-order chi connectivity index (χ1) is 5.27. The third-order valence-electron chi connectivity index (χ3n) is 0.667.